The lowest BCUT2D eigenvalue weighted by atomic mass is 10.0. The molecule has 0 unspecified atom stereocenters. The van der Waals surface area contributed by atoms with Gasteiger partial charge in [0.15, 0.2) is 0 Å². The highest BCUT2D eigenvalue weighted by Crippen LogP contribution is 2.24. The molecule has 156 valence electrons. The Morgan fingerprint density at radius 2 is 1.14 bits per heavy atom. The quantitative estimate of drug-likeness (QED) is 0.642. The Labute approximate surface area is 166 Å². The Morgan fingerprint density at radius 1 is 0.643 bits per heavy atom. The van der Waals surface area contributed by atoms with Gasteiger partial charge in [-0.25, -0.2) is 0 Å². The van der Waals surface area contributed by atoms with Crippen molar-refractivity contribution in [1.82, 2.24) is 17.2 Å². The summed E-state index contributed by atoms with van der Waals surface area (Å²) in [5, 5.41) is 0. The lowest BCUT2D eigenvalue weighted by molar-refractivity contribution is 0.0693. The van der Waals surface area contributed by atoms with Crippen LogP contribution in [0.15, 0.2) is 24.3 Å². The zero-order valence-corrected chi connectivity index (χ0v) is 17.4. The first kappa shape index (κ1) is 20.2. The molecule has 0 N–H and O–H groups in total. The van der Waals surface area contributed by atoms with Crippen LogP contribution in [0, 0.1) is 0 Å². The zero-order valence-electron chi connectivity index (χ0n) is 15.7. The summed E-state index contributed by atoms with van der Waals surface area (Å²) in [5.74, 6) is 0. The predicted octanol–water partition coefficient (Wildman–Crippen LogP) is -0.516. The first-order valence-electron chi connectivity index (χ1n) is 9.54. The molecule has 0 saturated carbocycles. The highest BCUT2D eigenvalue weighted by molar-refractivity contribution is 7.87. The summed E-state index contributed by atoms with van der Waals surface area (Å²) in [6.45, 7) is 2.97. The van der Waals surface area contributed by atoms with Crippen molar-refractivity contribution >= 4 is 20.4 Å². The van der Waals surface area contributed by atoms with Gasteiger partial charge in [-0.1, -0.05) is 24.3 Å². The number of morpholine rings is 1. The number of rotatable bonds is 4. The summed E-state index contributed by atoms with van der Waals surface area (Å²) in [6, 6.07) is 7.89. The van der Waals surface area contributed by atoms with E-state index in [1.54, 1.807) is 0 Å². The fraction of sp³-hybridized carbons (Fsp3) is 0.647. The second-order valence-electron chi connectivity index (χ2n) is 7.18. The fourth-order valence-electron chi connectivity index (χ4n) is 3.90. The lowest BCUT2D eigenvalue weighted by Gasteiger charge is -2.39. The van der Waals surface area contributed by atoms with Gasteiger partial charge in [0.2, 0.25) is 0 Å². The van der Waals surface area contributed by atoms with E-state index in [1.165, 1.54) is 22.8 Å². The molecule has 0 atom stereocenters. The molecule has 0 radical (unpaired) electrons. The molecule has 0 aliphatic carbocycles. The van der Waals surface area contributed by atoms with Gasteiger partial charge >= 0.3 is 0 Å². The molecule has 0 bridgehead atoms. The molecule has 2 fully saturated rings. The van der Waals surface area contributed by atoms with Crippen LogP contribution < -0.4 is 0 Å². The molecule has 11 heteroatoms. The van der Waals surface area contributed by atoms with Gasteiger partial charge in [0, 0.05) is 52.4 Å². The highest BCUT2D eigenvalue weighted by Gasteiger charge is 2.38. The van der Waals surface area contributed by atoms with E-state index in [4.69, 9.17) is 4.74 Å². The van der Waals surface area contributed by atoms with Crippen LogP contribution in [0.1, 0.15) is 11.1 Å². The molecule has 1 aromatic rings. The summed E-state index contributed by atoms with van der Waals surface area (Å²) in [4.78, 5) is 0. The number of nitrogens with zero attached hydrogens (tertiary/aromatic N) is 4. The minimum Gasteiger partial charge on any atom is -0.379 e. The Hall–Kier alpha value is -1.08. The smallest absolute Gasteiger partial charge is 0.282 e. The van der Waals surface area contributed by atoms with Crippen LogP contribution in [0.25, 0.3) is 0 Å². The normalized spacial score (nSPS) is 24.1. The molecule has 1 aromatic carbocycles. The number of fused-ring (bicyclic) bond motifs is 1. The third-order valence-corrected chi connectivity index (χ3v) is 9.59. The SMILES string of the molecule is O=S(=O)(N1CCOCC1)N1CCN(S(=O)(=O)N2CCc3ccccc3C2)CC1. The maximum atomic E-state index is 13.1. The number of piperazine rings is 1. The van der Waals surface area contributed by atoms with Crippen molar-refractivity contribution in [2.24, 2.45) is 0 Å². The minimum atomic E-state index is -3.61. The van der Waals surface area contributed by atoms with Crippen LogP contribution in [0.3, 0.4) is 0 Å². The monoisotopic (exact) mass is 430 g/mol. The Bertz CT molecular complexity index is 907. The van der Waals surface area contributed by atoms with Crippen molar-refractivity contribution in [2.45, 2.75) is 13.0 Å². The van der Waals surface area contributed by atoms with Crippen molar-refractivity contribution < 1.29 is 21.6 Å². The van der Waals surface area contributed by atoms with Gasteiger partial charge in [0.1, 0.15) is 0 Å². The number of hydrogen-bond acceptors (Lipinski definition) is 5. The summed E-state index contributed by atoms with van der Waals surface area (Å²) < 4.78 is 62.6. The second kappa shape index (κ2) is 7.98. The molecule has 0 aromatic heterocycles. The molecule has 3 heterocycles. The van der Waals surface area contributed by atoms with Gasteiger partial charge in [0.05, 0.1) is 13.2 Å². The van der Waals surface area contributed by atoms with Crippen LogP contribution in [-0.2, 0) is 38.1 Å². The number of benzene rings is 1. The lowest BCUT2D eigenvalue weighted by Crippen LogP contribution is -2.57. The van der Waals surface area contributed by atoms with Gasteiger partial charge in [-0.3, -0.25) is 0 Å². The highest BCUT2D eigenvalue weighted by atomic mass is 32.2. The molecule has 0 amide bonds. The number of hydrogen-bond donors (Lipinski definition) is 0. The Kier molecular flexibility index (Phi) is 5.76. The van der Waals surface area contributed by atoms with E-state index in [1.807, 2.05) is 24.3 Å². The number of ether oxygens (including phenoxy) is 1. The topological polar surface area (TPSA) is 90.5 Å². The maximum absolute atomic E-state index is 13.1. The van der Waals surface area contributed by atoms with Gasteiger partial charge in [-0.05, 0) is 17.5 Å². The maximum Gasteiger partial charge on any atom is 0.282 e. The third-order valence-electron chi connectivity index (χ3n) is 5.57. The van der Waals surface area contributed by atoms with Crippen molar-refractivity contribution in [3.8, 4) is 0 Å². The summed E-state index contributed by atoms with van der Waals surface area (Å²) >= 11 is 0. The van der Waals surface area contributed by atoms with Crippen molar-refractivity contribution in [3.63, 3.8) is 0 Å². The van der Waals surface area contributed by atoms with E-state index in [-0.39, 0.29) is 26.2 Å². The molecule has 2 saturated heterocycles. The first-order chi connectivity index (χ1) is 13.4. The van der Waals surface area contributed by atoms with E-state index in [0.29, 0.717) is 45.8 Å². The Morgan fingerprint density at radius 3 is 1.75 bits per heavy atom. The van der Waals surface area contributed by atoms with Gasteiger partial charge in [-0.15, -0.1) is 0 Å². The van der Waals surface area contributed by atoms with Crippen LogP contribution in [0.5, 0.6) is 0 Å². The van der Waals surface area contributed by atoms with E-state index in [9.17, 15) is 16.8 Å². The van der Waals surface area contributed by atoms with Crippen LogP contribution in [0.4, 0.5) is 0 Å². The average Bonchev–Trinajstić information content (AvgIpc) is 2.74. The molecular formula is C17H26N4O5S2. The van der Waals surface area contributed by atoms with Crippen LogP contribution in [0.2, 0.25) is 0 Å². The summed E-state index contributed by atoms with van der Waals surface area (Å²) in [6.07, 6.45) is 0.695. The molecule has 28 heavy (non-hydrogen) atoms. The Balaban J connectivity index is 1.40. The van der Waals surface area contributed by atoms with Gasteiger partial charge in [-0.2, -0.15) is 34.1 Å². The zero-order chi connectivity index (χ0) is 19.8. The molecule has 4 rings (SSSR count). The summed E-state index contributed by atoms with van der Waals surface area (Å²) in [7, 11) is -7.18. The fourth-order valence-corrected chi connectivity index (χ4v) is 7.04. The van der Waals surface area contributed by atoms with E-state index < -0.39 is 20.4 Å². The van der Waals surface area contributed by atoms with Crippen molar-refractivity contribution in [1.29, 1.82) is 0 Å². The minimum absolute atomic E-state index is 0.170. The van der Waals surface area contributed by atoms with E-state index in [0.717, 1.165) is 5.56 Å². The molecule has 9 nitrogen and oxygen atoms in total. The van der Waals surface area contributed by atoms with Crippen molar-refractivity contribution in [2.75, 3.05) is 59.0 Å². The molecular weight excluding hydrogens is 404 g/mol. The average molecular weight is 431 g/mol. The largest absolute Gasteiger partial charge is 0.379 e. The van der Waals surface area contributed by atoms with Gasteiger partial charge < -0.3 is 4.74 Å². The van der Waals surface area contributed by atoms with Gasteiger partial charge in [0.25, 0.3) is 20.4 Å². The molecule has 3 aliphatic rings. The predicted molar refractivity (Wildman–Crippen MR) is 104 cm³/mol. The van der Waals surface area contributed by atoms with Crippen LogP contribution in [-0.4, -0.2) is 93.1 Å². The van der Waals surface area contributed by atoms with Crippen LogP contribution >= 0.6 is 0 Å². The first-order valence-corrected chi connectivity index (χ1v) is 12.3. The second-order valence-corrected chi connectivity index (χ2v) is 11.0. The summed E-state index contributed by atoms with van der Waals surface area (Å²) in [5.41, 5.74) is 2.22. The van der Waals surface area contributed by atoms with E-state index in [2.05, 4.69) is 0 Å². The van der Waals surface area contributed by atoms with E-state index >= 15 is 0 Å². The molecule has 0 spiro atoms. The molecule has 3 aliphatic heterocycles. The third kappa shape index (κ3) is 3.84. The standard InChI is InChI=1S/C17H26N4O5S2/c22-27(23,20-11-13-26-14-12-20)18-7-9-19(10-8-18)28(24,25)21-6-5-16-3-1-2-4-17(16)15-21/h1-4H,5-15H2. The van der Waals surface area contributed by atoms with Crippen molar-refractivity contribution in [3.05, 3.63) is 35.4 Å².